The third kappa shape index (κ3) is 3.48. The Morgan fingerprint density at radius 1 is 1.45 bits per heavy atom. The van der Waals surface area contributed by atoms with Crippen molar-refractivity contribution in [2.75, 3.05) is 13.1 Å². The zero-order chi connectivity index (χ0) is 14.2. The van der Waals surface area contributed by atoms with Crippen LogP contribution in [0.5, 0.6) is 0 Å². The van der Waals surface area contributed by atoms with Crippen molar-refractivity contribution in [2.45, 2.75) is 24.3 Å². The predicted octanol–water partition coefficient (Wildman–Crippen LogP) is 2.88. The maximum Gasteiger partial charge on any atom is 0.244 e. The molecule has 8 heteroatoms. The van der Waals surface area contributed by atoms with E-state index in [9.17, 15) is 8.42 Å². The molecule has 1 fully saturated rings. The first-order valence-corrected chi connectivity index (χ1v) is 8.65. The van der Waals surface area contributed by atoms with E-state index in [0.717, 1.165) is 0 Å². The average molecular weight is 404 g/mol. The molecule has 2 N–H and O–H groups in total. The Hall–Kier alpha value is 0.150. The van der Waals surface area contributed by atoms with Gasteiger partial charge in [0, 0.05) is 23.6 Å². The standard InChI is InChI=1S/C12H16BrClN2O2S.ClH/c1-8-7-16(6-5-10(8)15)19(17,18)11-4-2-3-9(13)12(11)14;/h2-4,8,10H,5-7,15H2,1H3;1H. The van der Waals surface area contributed by atoms with Crippen LogP contribution in [0.3, 0.4) is 0 Å². The van der Waals surface area contributed by atoms with Gasteiger partial charge in [0.2, 0.25) is 10.0 Å². The third-order valence-electron chi connectivity index (χ3n) is 3.47. The Kier molecular flexibility index (Phi) is 6.32. The Morgan fingerprint density at radius 2 is 2.10 bits per heavy atom. The number of benzene rings is 1. The second kappa shape index (κ2) is 6.94. The van der Waals surface area contributed by atoms with Gasteiger partial charge in [0.15, 0.2) is 0 Å². The number of halogens is 3. The molecule has 1 aromatic rings. The number of hydrogen-bond donors (Lipinski definition) is 1. The number of rotatable bonds is 2. The summed E-state index contributed by atoms with van der Waals surface area (Å²) in [4.78, 5) is 0.145. The summed E-state index contributed by atoms with van der Waals surface area (Å²) >= 11 is 9.33. The molecule has 2 atom stereocenters. The number of hydrogen-bond acceptors (Lipinski definition) is 3. The molecule has 2 rings (SSSR count). The molecule has 0 aliphatic carbocycles. The minimum Gasteiger partial charge on any atom is -0.327 e. The van der Waals surface area contributed by atoms with E-state index < -0.39 is 10.0 Å². The number of nitrogens with two attached hydrogens (primary N) is 1. The maximum atomic E-state index is 12.6. The van der Waals surface area contributed by atoms with Crippen LogP contribution in [0.15, 0.2) is 27.6 Å². The quantitative estimate of drug-likeness (QED) is 0.825. The van der Waals surface area contributed by atoms with E-state index in [0.29, 0.717) is 24.0 Å². The topological polar surface area (TPSA) is 63.4 Å². The van der Waals surface area contributed by atoms with Crippen molar-refractivity contribution in [1.29, 1.82) is 0 Å². The molecule has 0 spiro atoms. The highest BCUT2D eigenvalue weighted by atomic mass is 79.9. The van der Waals surface area contributed by atoms with Crippen molar-refractivity contribution in [3.8, 4) is 0 Å². The summed E-state index contributed by atoms with van der Waals surface area (Å²) in [6.45, 7) is 2.85. The molecule has 1 heterocycles. The lowest BCUT2D eigenvalue weighted by molar-refractivity contribution is 0.250. The Morgan fingerprint density at radius 3 is 2.70 bits per heavy atom. The van der Waals surface area contributed by atoms with Gasteiger partial charge < -0.3 is 5.73 Å². The zero-order valence-electron chi connectivity index (χ0n) is 10.9. The summed E-state index contributed by atoms with van der Waals surface area (Å²) in [5.74, 6) is 0.148. The molecule has 1 aromatic carbocycles. The van der Waals surface area contributed by atoms with E-state index >= 15 is 0 Å². The van der Waals surface area contributed by atoms with E-state index in [4.69, 9.17) is 17.3 Å². The summed E-state index contributed by atoms with van der Waals surface area (Å²) in [6.07, 6.45) is 0.673. The molecule has 0 amide bonds. The van der Waals surface area contributed by atoms with Crippen molar-refractivity contribution in [2.24, 2.45) is 11.7 Å². The molecular formula is C12H17BrCl2N2O2S. The van der Waals surface area contributed by atoms with Gasteiger partial charge in [-0.25, -0.2) is 8.42 Å². The minimum absolute atomic E-state index is 0. The molecule has 1 saturated heterocycles. The Labute approximate surface area is 139 Å². The van der Waals surface area contributed by atoms with Crippen LogP contribution >= 0.6 is 39.9 Å². The summed E-state index contributed by atoms with van der Waals surface area (Å²) < 4.78 is 27.2. The normalized spacial score (nSPS) is 24.2. The molecule has 0 radical (unpaired) electrons. The predicted molar refractivity (Wildman–Crippen MR) is 86.9 cm³/mol. The molecular weight excluding hydrogens is 387 g/mol. The molecule has 20 heavy (non-hydrogen) atoms. The Bertz CT molecular complexity index is 583. The lowest BCUT2D eigenvalue weighted by Crippen LogP contribution is -2.48. The van der Waals surface area contributed by atoms with E-state index in [1.54, 1.807) is 12.1 Å². The molecule has 2 unspecified atom stereocenters. The maximum absolute atomic E-state index is 12.6. The van der Waals surface area contributed by atoms with Crippen molar-refractivity contribution in [3.63, 3.8) is 0 Å². The molecule has 114 valence electrons. The van der Waals surface area contributed by atoms with Crippen molar-refractivity contribution in [3.05, 3.63) is 27.7 Å². The summed E-state index contributed by atoms with van der Waals surface area (Å²) in [7, 11) is -3.56. The van der Waals surface area contributed by atoms with Gasteiger partial charge in [-0.05, 0) is 40.4 Å². The van der Waals surface area contributed by atoms with E-state index in [-0.39, 0.29) is 34.3 Å². The number of sulfonamides is 1. The van der Waals surface area contributed by atoms with Crippen LogP contribution in [-0.4, -0.2) is 31.9 Å². The van der Waals surface area contributed by atoms with E-state index in [1.807, 2.05) is 6.92 Å². The monoisotopic (exact) mass is 402 g/mol. The van der Waals surface area contributed by atoms with Gasteiger partial charge in [0.1, 0.15) is 4.90 Å². The highest BCUT2D eigenvalue weighted by Crippen LogP contribution is 2.32. The number of nitrogens with zero attached hydrogens (tertiary/aromatic N) is 1. The second-order valence-corrected chi connectivity index (χ2v) is 7.98. The van der Waals surface area contributed by atoms with Crippen LogP contribution in [0.1, 0.15) is 13.3 Å². The zero-order valence-corrected chi connectivity index (χ0v) is 14.9. The van der Waals surface area contributed by atoms with Crippen LogP contribution in [0.25, 0.3) is 0 Å². The first kappa shape index (κ1) is 18.2. The van der Waals surface area contributed by atoms with Crippen molar-refractivity contribution < 1.29 is 8.42 Å². The van der Waals surface area contributed by atoms with Crippen molar-refractivity contribution in [1.82, 2.24) is 4.31 Å². The highest BCUT2D eigenvalue weighted by molar-refractivity contribution is 9.10. The van der Waals surface area contributed by atoms with E-state index in [1.165, 1.54) is 10.4 Å². The van der Waals surface area contributed by atoms with Crippen LogP contribution in [0.4, 0.5) is 0 Å². The SMILES string of the molecule is CC1CN(S(=O)(=O)c2cccc(Br)c2Cl)CCC1N.Cl. The average Bonchev–Trinajstić information content (AvgIpc) is 2.35. The summed E-state index contributed by atoms with van der Waals surface area (Å²) in [5.41, 5.74) is 5.92. The molecule has 1 aliphatic heterocycles. The van der Waals surface area contributed by atoms with E-state index in [2.05, 4.69) is 15.9 Å². The van der Waals surface area contributed by atoms with Gasteiger partial charge in [-0.3, -0.25) is 0 Å². The van der Waals surface area contributed by atoms with Crippen LogP contribution in [0.2, 0.25) is 5.02 Å². The fraction of sp³-hybridized carbons (Fsp3) is 0.500. The molecule has 0 aromatic heterocycles. The fourth-order valence-electron chi connectivity index (χ4n) is 2.17. The van der Waals surface area contributed by atoms with Gasteiger partial charge in [0.25, 0.3) is 0 Å². The van der Waals surface area contributed by atoms with Gasteiger partial charge in [-0.1, -0.05) is 24.6 Å². The fourth-order valence-corrected chi connectivity index (χ4v) is 4.72. The van der Waals surface area contributed by atoms with Gasteiger partial charge in [0.05, 0.1) is 5.02 Å². The second-order valence-electron chi connectivity index (χ2n) is 4.84. The van der Waals surface area contributed by atoms with Crippen molar-refractivity contribution >= 4 is 50.0 Å². The van der Waals surface area contributed by atoms with Gasteiger partial charge in [-0.15, -0.1) is 12.4 Å². The lowest BCUT2D eigenvalue weighted by atomic mass is 9.96. The minimum atomic E-state index is -3.56. The largest absolute Gasteiger partial charge is 0.327 e. The number of piperidine rings is 1. The van der Waals surface area contributed by atoms with Gasteiger partial charge in [-0.2, -0.15) is 4.31 Å². The first-order valence-electron chi connectivity index (χ1n) is 6.03. The van der Waals surface area contributed by atoms with Gasteiger partial charge >= 0.3 is 0 Å². The summed E-state index contributed by atoms with van der Waals surface area (Å²) in [6, 6.07) is 4.98. The summed E-state index contributed by atoms with van der Waals surface area (Å²) in [5, 5.41) is 0.227. The molecule has 4 nitrogen and oxygen atoms in total. The van der Waals surface area contributed by atoms with Crippen LogP contribution in [-0.2, 0) is 10.0 Å². The smallest absolute Gasteiger partial charge is 0.244 e. The molecule has 0 bridgehead atoms. The van der Waals surface area contributed by atoms with Crippen LogP contribution in [0, 0.1) is 5.92 Å². The lowest BCUT2D eigenvalue weighted by Gasteiger charge is -2.34. The highest BCUT2D eigenvalue weighted by Gasteiger charge is 2.33. The molecule has 1 aliphatic rings. The van der Waals surface area contributed by atoms with Crippen LogP contribution < -0.4 is 5.73 Å². The third-order valence-corrected chi connectivity index (χ3v) is 6.78. The first-order chi connectivity index (χ1) is 8.84. The Balaban J connectivity index is 0.00000200. The molecule has 0 saturated carbocycles.